The summed E-state index contributed by atoms with van der Waals surface area (Å²) in [5.41, 5.74) is 3.81. The molecule has 1 heterocycles. The van der Waals surface area contributed by atoms with Crippen LogP contribution in [0.15, 0.2) is 97.1 Å². The minimum atomic E-state index is -4.49. The highest BCUT2D eigenvalue weighted by Crippen LogP contribution is 2.38. The molecule has 0 unspecified atom stereocenters. The van der Waals surface area contributed by atoms with Crippen LogP contribution in [0.2, 0.25) is 0 Å². The second-order valence-electron chi connectivity index (χ2n) is 8.49. The monoisotopic (exact) mass is 472 g/mol. The Morgan fingerprint density at radius 2 is 1.51 bits per heavy atom. The molecule has 3 nitrogen and oxygen atoms in total. The average Bonchev–Trinajstić information content (AvgIpc) is 3.21. The standard InChI is InChI=1S/C29H23F3N2O/c1-20-7-5-10-22(17-20)19-35-24-15-13-23(14-16-24)28-25-11-6-12-26(29(30,31)32)27(25)33-34(28)18-21-8-3-2-4-9-21/h2-17H,18-19H2,1H3. The van der Waals surface area contributed by atoms with Crippen LogP contribution in [-0.4, -0.2) is 9.78 Å². The maximum absolute atomic E-state index is 13.7. The van der Waals surface area contributed by atoms with Crippen molar-refractivity contribution in [1.82, 2.24) is 9.78 Å². The van der Waals surface area contributed by atoms with E-state index in [-0.39, 0.29) is 5.52 Å². The van der Waals surface area contributed by atoms with Gasteiger partial charge in [0, 0.05) is 10.9 Å². The van der Waals surface area contributed by atoms with Gasteiger partial charge in [0.25, 0.3) is 0 Å². The Kier molecular flexibility index (Phi) is 6.03. The molecule has 0 aliphatic heterocycles. The molecule has 35 heavy (non-hydrogen) atoms. The summed E-state index contributed by atoms with van der Waals surface area (Å²) in [4.78, 5) is 0. The van der Waals surface area contributed by atoms with Crippen LogP contribution >= 0.6 is 0 Å². The molecule has 0 N–H and O–H groups in total. The predicted molar refractivity (Wildman–Crippen MR) is 131 cm³/mol. The predicted octanol–water partition coefficient (Wildman–Crippen LogP) is 7.66. The van der Waals surface area contributed by atoms with E-state index < -0.39 is 11.7 Å². The first-order valence-corrected chi connectivity index (χ1v) is 11.3. The number of ether oxygens (including phenoxy) is 1. The van der Waals surface area contributed by atoms with Crippen LogP contribution in [0.3, 0.4) is 0 Å². The van der Waals surface area contributed by atoms with Crippen LogP contribution in [0.25, 0.3) is 22.2 Å². The number of fused-ring (bicyclic) bond motifs is 1. The van der Waals surface area contributed by atoms with Crippen LogP contribution in [0.4, 0.5) is 13.2 Å². The molecule has 4 aromatic carbocycles. The van der Waals surface area contributed by atoms with E-state index in [2.05, 4.69) is 11.2 Å². The lowest BCUT2D eigenvalue weighted by molar-refractivity contribution is -0.136. The fourth-order valence-electron chi connectivity index (χ4n) is 4.23. The quantitative estimate of drug-likeness (QED) is 0.254. The number of aryl methyl sites for hydroxylation is 1. The van der Waals surface area contributed by atoms with Crippen LogP contribution in [-0.2, 0) is 19.3 Å². The van der Waals surface area contributed by atoms with E-state index in [4.69, 9.17) is 4.74 Å². The van der Waals surface area contributed by atoms with Crippen molar-refractivity contribution in [3.63, 3.8) is 0 Å². The molecule has 0 radical (unpaired) electrons. The highest BCUT2D eigenvalue weighted by molar-refractivity contribution is 5.95. The van der Waals surface area contributed by atoms with Crippen molar-refractivity contribution in [2.75, 3.05) is 0 Å². The van der Waals surface area contributed by atoms with Gasteiger partial charge in [0.1, 0.15) is 17.9 Å². The molecule has 6 heteroatoms. The maximum atomic E-state index is 13.7. The molecule has 0 amide bonds. The number of benzene rings is 4. The topological polar surface area (TPSA) is 27.1 Å². The van der Waals surface area contributed by atoms with Gasteiger partial charge in [-0.1, -0.05) is 72.3 Å². The molecule has 0 aliphatic carbocycles. The fourth-order valence-corrected chi connectivity index (χ4v) is 4.23. The van der Waals surface area contributed by atoms with E-state index in [1.54, 1.807) is 10.7 Å². The molecule has 0 bridgehead atoms. The van der Waals surface area contributed by atoms with Crippen LogP contribution in [0, 0.1) is 6.92 Å². The van der Waals surface area contributed by atoms with E-state index in [1.165, 1.54) is 11.6 Å². The number of aromatic nitrogens is 2. The fraction of sp³-hybridized carbons (Fsp3) is 0.138. The smallest absolute Gasteiger partial charge is 0.418 e. The molecular formula is C29H23F3N2O. The van der Waals surface area contributed by atoms with Gasteiger partial charge in [-0.05, 0) is 48.4 Å². The SMILES string of the molecule is Cc1cccc(COc2ccc(-c3c4cccc(C(F)(F)F)c4nn3Cc3ccccc3)cc2)c1. The zero-order valence-corrected chi connectivity index (χ0v) is 19.1. The first kappa shape index (κ1) is 22.7. The minimum Gasteiger partial charge on any atom is -0.489 e. The highest BCUT2D eigenvalue weighted by Gasteiger charge is 2.34. The first-order chi connectivity index (χ1) is 16.9. The lowest BCUT2D eigenvalue weighted by Gasteiger charge is -2.11. The van der Waals surface area contributed by atoms with Gasteiger partial charge >= 0.3 is 6.18 Å². The van der Waals surface area contributed by atoms with Gasteiger partial charge < -0.3 is 4.74 Å². The number of hydrogen-bond donors (Lipinski definition) is 0. The van der Waals surface area contributed by atoms with Gasteiger partial charge in [-0.25, -0.2) is 0 Å². The first-order valence-electron chi connectivity index (χ1n) is 11.3. The molecule has 176 valence electrons. The number of alkyl halides is 3. The summed E-state index contributed by atoms with van der Waals surface area (Å²) in [7, 11) is 0. The van der Waals surface area contributed by atoms with E-state index in [9.17, 15) is 13.2 Å². The second kappa shape index (κ2) is 9.29. The maximum Gasteiger partial charge on any atom is 0.418 e. The molecule has 0 aliphatic rings. The van der Waals surface area contributed by atoms with Gasteiger partial charge in [-0.2, -0.15) is 18.3 Å². The van der Waals surface area contributed by atoms with Crippen LogP contribution in [0.1, 0.15) is 22.3 Å². The van der Waals surface area contributed by atoms with E-state index in [0.29, 0.717) is 30.0 Å². The summed E-state index contributed by atoms with van der Waals surface area (Å²) < 4.78 is 48.8. The number of halogens is 3. The van der Waals surface area contributed by atoms with E-state index in [1.807, 2.05) is 79.7 Å². The average molecular weight is 473 g/mol. The largest absolute Gasteiger partial charge is 0.489 e. The van der Waals surface area contributed by atoms with Crippen molar-refractivity contribution in [2.24, 2.45) is 0 Å². The van der Waals surface area contributed by atoms with Crippen LogP contribution < -0.4 is 4.74 Å². The van der Waals surface area contributed by atoms with Gasteiger partial charge in [-0.15, -0.1) is 0 Å². The lowest BCUT2D eigenvalue weighted by atomic mass is 10.0. The minimum absolute atomic E-state index is 0.0503. The highest BCUT2D eigenvalue weighted by atomic mass is 19.4. The summed E-state index contributed by atoms with van der Waals surface area (Å²) in [6, 6.07) is 29.3. The molecule has 1 aromatic heterocycles. The Morgan fingerprint density at radius 3 is 2.23 bits per heavy atom. The molecule has 0 fully saturated rings. The number of rotatable bonds is 6. The van der Waals surface area contributed by atoms with E-state index >= 15 is 0 Å². The molecule has 0 atom stereocenters. The molecule has 5 aromatic rings. The summed E-state index contributed by atoms with van der Waals surface area (Å²) >= 11 is 0. The van der Waals surface area contributed by atoms with Crippen molar-refractivity contribution in [3.05, 3.63) is 119 Å². The second-order valence-corrected chi connectivity index (χ2v) is 8.49. The van der Waals surface area contributed by atoms with Gasteiger partial charge in [0.05, 0.1) is 17.8 Å². The summed E-state index contributed by atoms with van der Waals surface area (Å²) in [6.07, 6.45) is -4.49. The summed E-state index contributed by atoms with van der Waals surface area (Å²) in [5.74, 6) is 0.685. The number of hydrogen-bond acceptors (Lipinski definition) is 2. The van der Waals surface area contributed by atoms with Crippen molar-refractivity contribution >= 4 is 10.9 Å². The Labute approximate surface area is 201 Å². The summed E-state index contributed by atoms with van der Waals surface area (Å²) in [6.45, 7) is 2.82. The Hall–Kier alpha value is -4.06. The van der Waals surface area contributed by atoms with Crippen molar-refractivity contribution < 1.29 is 17.9 Å². The van der Waals surface area contributed by atoms with Crippen molar-refractivity contribution in [2.45, 2.75) is 26.3 Å². The van der Waals surface area contributed by atoms with Gasteiger partial charge in [0.15, 0.2) is 0 Å². The third kappa shape index (κ3) is 4.92. The third-order valence-corrected chi connectivity index (χ3v) is 5.87. The van der Waals surface area contributed by atoms with Gasteiger partial charge in [-0.3, -0.25) is 4.68 Å². The summed E-state index contributed by atoms with van der Waals surface area (Å²) in [5, 5.41) is 4.89. The molecular weight excluding hydrogens is 449 g/mol. The Balaban J connectivity index is 1.52. The third-order valence-electron chi connectivity index (χ3n) is 5.87. The Morgan fingerprint density at radius 1 is 0.800 bits per heavy atom. The van der Waals surface area contributed by atoms with Crippen molar-refractivity contribution in [1.29, 1.82) is 0 Å². The molecule has 0 saturated heterocycles. The zero-order chi connectivity index (χ0) is 24.4. The molecule has 0 saturated carbocycles. The molecule has 0 spiro atoms. The Bertz CT molecular complexity index is 1460. The number of nitrogens with zero attached hydrogens (tertiary/aromatic N) is 2. The normalized spacial score (nSPS) is 11.7. The lowest BCUT2D eigenvalue weighted by Crippen LogP contribution is -2.06. The van der Waals surface area contributed by atoms with Crippen molar-refractivity contribution in [3.8, 4) is 17.0 Å². The van der Waals surface area contributed by atoms with Gasteiger partial charge in [0.2, 0.25) is 0 Å². The molecule has 5 rings (SSSR count). The van der Waals surface area contributed by atoms with E-state index in [0.717, 1.165) is 22.8 Å². The zero-order valence-electron chi connectivity index (χ0n) is 19.1. The van der Waals surface area contributed by atoms with Crippen LogP contribution in [0.5, 0.6) is 5.75 Å².